The van der Waals surface area contributed by atoms with E-state index in [-0.39, 0.29) is 11.7 Å². The Morgan fingerprint density at radius 1 is 1.14 bits per heavy atom. The molecule has 1 aromatic carbocycles. The second-order valence-electron chi connectivity index (χ2n) is 5.99. The number of carbonyl (C=O) groups excluding carboxylic acids is 1. The fourth-order valence-corrected chi connectivity index (χ4v) is 3.46. The SMILES string of the molecule is N#CC1(C#N)C(C(=O)N2CCCCC2)C1c1ccc(F)cc1. The average molecular weight is 297 g/mol. The lowest BCUT2D eigenvalue weighted by Crippen LogP contribution is -2.37. The zero-order valence-corrected chi connectivity index (χ0v) is 12.1. The van der Waals surface area contributed by atoms with Crippen molar-refractivity contribution < 1.29 is 9.18 Å². The standard InChI is InChI=1S/C17H16FN3O/c18-13-6-4-12(5-7-13)14-15(17(14,10-19)11-20)16(22)21-8-2-1-3-9-21/h4-7,14-15H,1-3,8-9H2. The van der Waals surface area contributed by atoms with Crippen LogP contribution in [-0.4, -0.2) is 23.9 Å². The summed E-state index contributed by atoms with van der Waals surface area (Å²) in [5.74, 6) is -1.58. The van der Waals surface area contributed by atoms with E-state index in [2.05, 4.69) is 0 Å². The van der Waals surface area contributed by atoms with Gasteiger partial charge in [-0.3, -0.25) is 4.79 Å². The molecule has 0 radical (unpaired) electrons. The number of nitriles is 2. The maximum absolute atomic E-state index is 13.1. The molecule has 0 spiro atoms. The minimum atomic E-state index is -1.31. The van der Waals surface area contributed by atoms with Gasteiger partial charge in [0.2, 0.25) is 5.91 Å². The zero-order valence-electron chi connectivity index (χ0n) is 12.1. The lowest BCUT2D eigenvalue weighted by atomic mass is 10.0. The summed E-state index contributed by atoms with van der Waals surface area (Å²) in [6.45, 7) is 1.39. The molecule has 2 atom stereocenters. The van der Waals surface area contributed by atoms with Gasteiger partial charge in [-0.25, -0.2) is 4.39 Å². The molecule has 0 N–H and O–H groups in total. The summed E-state index contributed by atoms with van der Waals surface area (Å²) in [7, 11) is 0. The summed E-state index contributed by atoms with van der Waals surface area (Å²) < 4.78 is 13.1. The van der Waals surface area contributed by atoms with Crippen molar-refractivity contribution in [1.29, 1.82) is 10.5 Å². The van der Waals surface area contributed by atoms with Crippen LogP contribution < -0.4 is 0 Å². The van der Waals surface area contributed by atoms with Gasteiger partial charge in [-0.15, -0.1) is 0 Å². The molecule has 1 heterocycles. The van der Waals surface area contributed by atoms with Gasteiger partial charge in [0, 0.05) is 19.0 Å². The first-order chi connectivity index (χ1) is 10.6. The van der Waals surface area contributed by atoms with Crippen molar-refractivity contribution in [2.45, 2.75) is 25.2 Å². The summed E-state index contributed by atoms with van der Waals surface area (Å²) in [4.78, 5) is 14.5. The van der Waals surface area contributed by atoms with Crippen LogP contribution in [0, 0.1) is 39.8 Å². The van der Waals surface area contributed by atoms with Gasteiger partial charge in [0.05, 0.1) is 18.1 Å². The Kier molecular flexibility index (Phi) is 3.58. The monoisotopic (exact) mass is 297 g/mol. The van der Waals surface area contributed by atoms with Crippen LogP contribution in [-0.2, 0) is 4.79 Å². The van der Waals surface area contributed by atoms with E-state index in [4.69, 9.17) is 0 Å². The van der Waals surface area contributed by atoms with Gasteiger partial charge < -0.3 is 4.90 Å². The van der Waals surface area contributed by atoms with Gasteiger partial charge in [0.1, 0.15) is 5.82 Å². The first-order valence-corrected chi connectivity index (χ1v) is 7.51. The number of carbonyl (C=O) groups is 1. The molecule has 2 fully saturated rings. The molecule has 1 saturated heterocycles. The van der Waals surface area contributed by atoms with E-state index in [1.807, 2.05) is 12.1 Å². The zero-order chi connectivity index (χ0) is 15.7. The first kappa shape index (κ1) is 14.5. The van der Waals surface area contributed by atoms with E-state index < -0.39 is 17.3 Å². The Labute approximate surface area is 128 Å². The van der Waals surface area contributed by atoms with Gasteiger partial charge in [-0.05, 0) is 37.0 Å². The number of rotatable bonds is 2. The molecule has 0 aromatic heterocycles. The van der Waals surface area contributed by atoms with Crippen molar-refractivity contribution >= 4 is 5.91 Å². The van der Waals surface area contributed by atoms with E-state index >= 15 is 0 Å². The largest absolute Gasteiger partial charge is 0.342 e. The van der Waals surface area contributed by atoms with E-state index in [0.29, 0.717) is 18.7 Å². The number of benzene rings is 1. The van der Waals surface area contributed by atoms with E-state index in [0.717, 1.165) is 19.3 Å². The summed E-state index contributed by atoms with van der Waals surface area (Å²) in [6.07, 6.45) is 3.04. The predicted molar refractivity (Wildman–Crippen MR) is 76.7 cm³/mol. The molecule has 1 aliphatic carbocycles. The number of halogens is 1. The predicted octanol–water partition coefficient (Wildman–Crippen LogP) is 2.59. The third-order valence-corrected chi connectivity index (χ3v) is 4.74. The van der Waals surface area contributed by atoms with Crippen molar-refractivity contribution in [2.24, 2.45) is 11.3 Å². The molecule has 1 aromatic rings. The Bertz CT molecular complexity index is 651. The smallest absolute Gasteiger partial charge is 0.229 e. The van der Waals surface area contributed by atoms with Crippen LogP contribution in [0.25, 0.3) is 0 Å². The minimum absolute atomic E-state index is 0.114. The second kappa shape index (κ2) is 5.42. The summed E-state index contributed by atoms with van der Waals surface area (Å²) in [6, 6.07) is 9.79. The van der Waals surface area contributed by atoms with Crippen LogP contribution in [0.5, 0.6) is 0 Å². The van der Waals surface area contributed by atoms with E-state index in [1.165, 1.54) is 12.1 Å². The van der Waals surface area contributed by atoms with Crippen LogP contribution in [0.1, 0.15) is 30.7 Å². The van der Waals surface area contributed by atoms with Crippen molar-refractivity contribution in [3.63, 3.8) is 0 Å². The van der Waals surface area contributed by atoms with Crippen LogP contribution >= 0.6 is 0 Å². The molecule has 2 aliphatic rings. The lowest BCUT2D eigenvalue weighted by molar-refractivity contribution is -0.134. The van der Waals surface area contributed by atoms with Gasteiger partial charge in [0.25, 0.3) is 0 Å². The molecule has 1 saturated carbocycles. The minimum Gasteiger partial charge on any atom is -0.342 e. The lowest BCUT2D eigenvalue weighted by Gasteiger charge is -2.27. The third-order valence-electron chi connectivity index (χ3n) is 4.74. The molecule has 112 valence electrons. The van der Waals surface area contributed by atoms with Crippen LogP contribution in [0.2, 0.25) is 0 Å². The molecular weight excluding hydrogens is 281 g/mol. The topological polar surface area (TPSA) is 67.9 Å². The van der Waals surface area contributed by atoms with Crippen LogP contribution in [0.3, 0.4) is 0 Å². The molecule has 0 bridgehead atoms. The summed E-state index contributed by atoms with van der Waals surface area (Å²) in [5.41, 5.74) is -0.633. The maximum Gasteiger partial charge on any atom is 0.229 e. The van der Waals surface area contributed by atoms with Gasteiger partial charge >= 0.3 is 0 Å². The molecule has 1 amide bonds. The normalized spacial score (nSPS) is 25.9. The maximum atomic E-state index is 13.1. The molecule has 4 nitrogen and oxygen atoms in total. The highest BCUT2D eigenvalue weighted by Gasteiger charge is 2.71. The van der Waals surface area contributed by atoms with Gasteiger partial charge in [-0.1, -0.05) is 12.1 Å². The van der Waals surface area contributed by atoms with E-state index in [1.54, 1.807) is 17.0 Å². The van der Waals surface area contributed by atoms with Crippen LogP contribution in [0.15, 0.2) is 24.3 Å². The number of hydrogen-bond donors (Lipinski definition) is 0. The molecule has 2 unspecified atom stereocenters. The average Bonchev–Trinajstić information content (AvgIpc) is 3.25. The van der Waals surface area contributed by atoms with Crippen molar-refractivity contribution in [3.8, 4) is 12.1 Å². The molecule has 22 heavy (non-hydrogen) atoms. The number of nitrogens with zero attached hydrogens (tertiary/aromatic N) is 3. The highest BCUT2D eigenvalue weighted by atomic mass is 19.1. The highest BCUT2D eigenvalue weighted by Crippen LogP contribution is 2.64. The van der Waals surface area contributed by atoms with Crippen molar-refractivity contribution in [2.75, 3.05) is 13.1 Å². The summed E-state index contributed by atoms with van der Waals surface area (Å²) in [5, 5.41) is 18.9. The Hall–Kier alpha value is -2.40. The highest BCUT2D eigenvalue weighted by molar-refractivity contribution is 5.87. The molecule has 1 aliphatic heterocycles. The molecule has 3 rings (SSSR count). The number of piperidine rings is 1. The Morgan fingerprint density at radius 2 is 1.73 bits per heavy atom. The third kappa shape index (κ3) is 2.14. The van der Waals surface area contributed by atoms with Crippen molar-refractivity contribution in [3.05, 3.63) is 35.6 Å². The Morgan fingerprint density at radius 3 is 2.27 bits per heavy atom. The fourth-order valence-electron chi connectivity index (χ4n) is 3.46. The number of amides is 1. The quantitative estimate of drug-likeness (QED) is 0.842. The van der Waals surface area contributed by atoms with E-state index in [9.17, 15) is 19.7 Å². The Balaban J connectivity index is 1.89. The second-order valence-corrected chi connectivity index (χ2v) is 5.99. The van der Waals surface area contributed by atoms with Crippen LogP contribution in [0.4, 0.5) is 4.39 Å². The number of likely N-dealkylation sites (tertiary alicyclic amines) is 1. The molecular formula is C17H16FN3O. The fraction of sp³-hybridized carbons (Fsp3) is 0.471. The first-order valence-electron chi connectivity index (χ1n) is 7.51. The van der Waals surface area contributed by atoms with Crippen molar-refractivity contribution in [1.82, 2.24) is 4.90 Å². The molecule has 5 heteroatoms. The number of hydrogen-bond acceptors (Lipinski definition) is 3. The van der Waals surface area contributed by atoms with Gasteiger partial charge in [0.15, 0.2) is 5.41 Å². The van der Waals surface area contributed by atoms with Gasteiger partial charge in [-0.2, -0.15) is 10.5 Å². The summed E-state index contributed by atoms with van der Waals surface area (Å²) >= 11 is 0.